The Morgan fingerprint density at radius 1 is 0.274 bits per heavy atom. The van der Waals surface area contributed by atoms with Gasteiger partial charge >= 0.3 is 0 Å². The molecule has 3 heterocycles. The fourth-order valence-electron chi connectivity index (χ4n) is 9.08. The molecular formula is C57H37N5. The molecule has 0 N–H and O–H groups in total. The van der Waals surface area contributed by atoms with Crippen LogP contribution in [0.25, 0.3) is 111 Å². The SMILES string of the molecule is c1ccc(-c2ccc(-c3nc(-c4ccccc4)nc(-n4c5ccccc5c5c4ccc4c6ccccc6n(-c6cc(-c7ccccc7)cc(-c7ccccc7)c6)c45)n3)cc2)cc1. The van der Waals surface area contributed by atoms with Crippen LogP contribution < -0.4 is 0 Å². The van der Waals surface area contributed by atoms with Crippen molar-refractivity contribution in [1.29, 1.82) is 0 Å². The van der Waals surface area contributed by atoms with Crippen LogP contribution in [0.15, 0.2) is 224 Å². The summed E-state index contributed by atoms with van der Waals surface area (Å²) in [6.45, 7) is 0. The van der Waals surface area contributed by atoms with E-state index >= 15 is 0 Å². The summed E-state index contributed by atoms with van der Waals surface area (Å²) in [4.78, 5) is 15.7. The molecule has 3 aromatic heterocycles. The third-order valence-corrected chi connectivity index (χ3v) is 12.0. The monoisotopic (exact) mass is 791 g/mol. The number of hydrogen-bond donors (Lipinski definition) is 0. The fourth-order valence-corrected chi connectivity index (χ4v) is 9.08. The Kier molecular flexibility index (Phi) is 8.42. The van der Waals surface area contributed by atoms with E-state index in [0.717, 1.165) is 71.9 Å². The van der Waals surface area contributed by atoms with Gasteiger partial charge in [-0.1, -0.05) is 188 Å². The van der Waals surface area contributed by atoms with E-state index in [1.807, 2.05) is 24.3 Å². The molecule has 0 spiro atoms. The topological polar surface area (TPSA) is 48.5 Å². The second kappa shape index (κ2) is 14.7. The highest BCUT2D eigenvalue weighted by Crippen LogP contribution is 2.43. The molecule has 0 aliphatic heterocycles. The maximum absolute atomic E-state index is 5.30. The van der Waals surface area contributed by atoms with Crippen molar-refractivity contribution >= 4 is 43.6 Å². The fraction of sp³-hybridized carbons (Fsp3) is 0. The summed E-state index contributed by atoms with van der Waals surface area (Å²) in [5, 5.41) is 4.63. The second-order valence-electron chi connectivity index (χ2n) is 15.7. The lowest BCUT2D eigenvalue weighted by Crippen LogP contribution is -2.06. The molecule has 5 nitrogen and oxygen atoms in total. The maximum Gasteiger partial charge on any atom is 0.238 e. The predicted octanol–water partition coefficient (Wildman–Crippen LogP) is 14.4. The van der Waals surface area contributed by atoms with Crippen molar-refractivity contribution in [3.8, 4) is 67.8 Å². The number of aromatic nitrogens is 5. The highest BCUT2D eigenvalue weighted by molar-refractivity contribution is 6.26. The first kappa shape index (κ1) is 35.5. The minimum absolute atomic E-state index is 0.562. The Hall–Kier alpha value is -8.41. The molecule has 0 aliphatic carbocycles. The van der Waals surface area contributed by atoms with Crippen LogP contribution in [0, 0.1) is 0 Å². The summed E-state index contributed by atoms with van der Waals surface area (Å²) in [5.41, 5.74) is 14.2. The average molecular weight is 792 g/mol. The van der Waals surface area contributed by atoms with Crippen molar-refractivity contribution in [1.82, 2.24) is 24.1 Å². The van der Waals surface area contributed by atoms with E-state index in [2.05, 4.69) is 209 Å². The molecule has 290 valence electrons. The highest BCUT2D eigenvalue weighted by Gasteiger charge is 2.23. The van der Waals surface area contributed by atoms with Gasteiger partial charge < -0.3 is 4.57 Å². The lowest BCUT2D eigenvalue weighted by Gasteiger charge is -2.15. The van der Waals surface area contributed by atoms with Gasteiger partial charge in [0, 0.05) is 38.4 Å². The number of hydrogen-bond acceptors (Lipinski definition) is 3. The van der Waals surface area contributed by atoms with Gasteiger partial charge in [-0.25, -0.2) is 4.98 Å². The van der Waals surface area contributed by atoms with Crippen molar-refractivity contribution in [3.63, 3.8) is 0 Å². The standard InChI is InChI=1S/C57H37N5/c1-5-17-38(18-6-1)41-29-31-43(32-30-41)56-58-55(42-23-11-4-12-24-42)59-57(60-56)62-51-28-16-14-26-49(51)53-52(62)34-33-48-47-25-13-15-27-50(47)61(54(48)53)46-36-44(39-19-7-2-8-20-39)35-45(37-46)40-21-9-3-10-22-40/h1-37H. The van der Waals surface area contributed by atoms with Gasteiger partial charge in [0.15, 0.2) is 11.6 Å². The number of fused-ring (bicyclic) bond motifs is 7. The van der Waals surface area contributed by atoms with E-state index in [0.29, 0.717) is 17.6 Å². The van der Waals surface area contributed by atoms with Gasteiger partial charge in [-0.15, -0.1) is 0 Å². The molecule has 0 atom stereocenters. The molecule has 0 saturated heterocycles. The zero-order chi connectivity index (χ0) is 41.0. The summed E-state index contributed by atoms with van der Waals surface area (Å²) in [6, 6.07) is 79.4. The van der Waals surface area contributed by atoms with Crippen LogP contribution >= 0.6 is 0 Å². The normalized spacial score (nSPS) is 11.5. The molecule has 62 heavy (non-hydrogen) atoms. The van der Waals surface area contributed by atoms with Crippen LogP contribution in [0.2, 0.25) is 0 Å². The average Bonchev–Trinajstić information content (AvgIpc) is 3.88. The Labute approximate surface area is 358 Å². The van der Waals surface area contributed by atoms with E-state index in [1.54, 1.807) is 0 Å². The molecule has 12 aromatic rings. The number of nitrogens with zero attached hydrogens (tertiary/aromatic N) is 5. The molecule has 0 bridgehead atoms. The smallest absolute Gasteiger partial charge is 0.238 e. The summed E-state index contributed by atoms with van der Waals surface area (Å²) < 4.78 is 4.68. The van der Waals surface area contributed by atoms with E-state index in [9.17, 15) is 0 Å². The molecule has 0 fully saturated rings. The molecule has 5 heteroatoms. The van der Waals surface area contributed by atoms with Gasteiger partial charge in [0.05, 0.1) is 22.1 Å². The van der Waals surface area contributed by atoms with Gasteiger partial charge in [0.1, 0.15) is 0 Å². The molecule has 9 aromatic carbocycles. The van der Waals surface area contributed by atoms with E-state index < -0.39 is 0 Å². The largest absolute Gasteiger partial charge is 0.308 e. The molecular weight excluding hydrogens is 755 g/mol. The molecule has 0 unspecified atom stereocenters. The number of rotatable bonds is 7. The van der Waals surface area contributed by atoms with Crippen LogP contribution in [-0.4, -0.2) is 24.1 Å². The highest BCUT2D eigenvalue weighted by atomic mass is 15.2. The molecule has 12 rings (SSSR count). The first-order valence-corrected chi connectivity index (χ1v) is 20.9. The lowest BCUT2D eigenvalue weighted by atomic mass is 9.98. The maximum atomic E-state index is 5.30. The Balaban J connectivity index is 1.14. The molecule has 0 saturated carbocycles. The van der Waals surface area contributed by atoms with Gasteiger partial charge in [-0.2, -0.15) is 9.97 Å². The van der Waals surface area contributed by atoms with Crippen molar-refractivity contribution in [2.45, 2.75) is 0 Å². The van der Waals surface area contributed by atoms with Gasteiger partial charge in [-0.05, 0) is 69.8 Å². The van der Waals surface area contributed by atoms with Crippen LogP contribution in [0.3, 0.4) is 0 Å². The Bertz CT molecular complexity index is 3540. The van der Waals surface area contributed by atoms with Gasteiger partial charge in [-0.3, -0.25) is 4.57 Å². The van der Waals surface area contributed by atoms with E-state index in [1.165, 1.54) is 21.9 Å². The summed E-state index contributed by atoms with van der Waals surface area (Å²) >= 11 is 0. The predicted molar refractivity (Wildman–Crippen MR) is 256 cm³/mol. The van der Waals surface area contributed by atoms with Crippen LogP contribution in [0.4, 0.5) is 0 Å². The Morgan fingerprint density at radius 3 is 1.29 bits per heavy atom. The zero-order valence-electron chi connectivity index (χ0n) is 33.6. The third-order valence-electron chi connectivity index (χ3n) is 12.0. The van der Waals surface area contributed by atoms with E-state index in [4.69, 9.17) is 15.0 Å². The molecule has 0 radical (unpaired) electrons. The van der Waals surface area contributed by atoms with Gasteiger partial charge in [0.2, 0.25) is 5.95 Å². The van der Waals surface area contributed by atoms with Crippen LogP contribution in [-0.2, 0) is 0 Å². The van der Waals surface area contributed by atoms with Crippen molar-refractivity contribution in [2.75, 3.05) is 0 Å². The summed E-state index contributed by atoms with van der Waals surface area (Å²) in [5.74, 6) is 1.79. The molecule has 0 amide bonds. The number of benzene rings is 9. The summed E-state index contributed by atoms with van der Waals surface area (Å²) in [6.07, 6.45) is 0. The quantitative estimate of drug-likeness (QED) is 0.162. The van der Waals surface area contributed by atoms with Crippen LogP contribution in [0.1, 0.15) is 0 Å². The second-order valence-corrected chi connectivity index (χ2v) is 15.7. The first-order chi connectivity index (χ1) is 30.7. The van der Waals surface area contributed by atoms with Crippen molar-refractivity contribution < 1.29 is 0 Å². The molecule has 0 aliphatic rings. The van der Waals surface area contributed by atoms with Gasteiger partial charge in [0.25, 0.3) is 0 Å². The van der Waals surface area contributed by atoms with Crippen molar-refractivity contribution in [2.24, 2.45) is 0 Å². The lowest BCUT2D eigenvalue weighted by molar-refractivity contribution is 0.953. The third kappa shape index (κ3) is 5.98. The minimum Gasteiger partial charge on any atom is -0.308 e. The zero-order valence-corrected chi connectivity index (χ0v) is 33.6. The van der Waals surface area contributed by atoms with Crippen molar-refractivity contribution in [3.05, 3.63) is 224 Å². The van der Waals surface area contributed by atoms with E-state index in [-0.39, 0.29) is 0 Å². The summed E-state index contributed by atoms with van der Waals surface area (Å²) in [7, 11) is 0. The van der Waals surface area contributed by atoms with Crippen LogP contribution in [0.5, 0.6) is 0 Å². The first-order valence-electron chi connectivity index (χ1n) is 20.9. The minimum atomic E-state index is 0.562. The Morgan fingerprint density at radius 2 is 0.710 bits per heavy atom. The number of para-hydroxylation sites is 2.